The number of ketones is 1. The maximum Gasteiger partial charge on any atom is 0.263 e. The fourth-order valence-electron chi connectivity index (χ4n) is 2.28. The van der Waals surface area contributed by atoms with Gasteiger partial charge in [-0.25, -0.2) is 0 Å². The number of allylic oxidation sites excluding steroid dienone is 1. The molecule has 0 atom stereocenters. The van der Waals surface area contributed by atoms with Crippen molar-refractivity contribution in [3.63, 3.8) is 0 Å². The van der Waals surface area contributed by atoms with Crippen LogP contribution in [0.5, 0.6) is 5.75 Å². The summed E-state index contributed by atoms with van der Waals surface area (Å²) in [5.74, 6) is -0.875. The number of aromatic nitrogens is 1. The van der Waals surface area contributed by atoms with E-state index in [1.807, 2.05) is 0 Å². The molecule has 0 saturated heterocycles. The fourth-order valence-corrected chi connectivity index (χ4v) is 2.41. The van der Waals surface area contributed by atoms with Gasteiger partial charge in [-0.2, -0.15) is 0 Å². The molecule has 4 nitrogen and oxygen atoms in total. The summed E-state index contributed by atoms with van der Waals surface area (Å²) in [4.78, 5) is 26.9. The number of nitrogens with one attached hydrogen (secondary N) is 1. The number of aromatic amines is 1. The molecule has 0 aliphatic heterocycles. The van der Waals surface area contributed by atoms with E-state index in [2.05, 4.69) is 4.98 Å². The molecule has 1 aromatic heterocycles. The molecule has 0 saturated carbocycles. The Balaban J connectivity index is 2.01. The van der Waals surface area contributed by atoms with Gasteiger partial charge < -0.3 is 10.1 Å². The predicted molar refractivity (Wildman–Crippen MR) is 91.1 cm³/mol. The molecular formula is C18H12ClNO3. The third-order valence-corrected chi connectivity index (χ3v) is 3.69. The largest absolute Gasteiger partial charge is 0.506 e. The van der Waals surface area contributed by atoms with Crippen LogP contribution in [-0.4, -0.2) is 15.9 Å². The lowest BCUT2D eigenvalue weighted by Crippen LogP contribution is -2.16. The SMILES string of the molecule is O=C(/C=C/c1ccc(Cl)cc1)c1c(O)c2ccccc2[nH]c1=O. The molecule has 0 radical (unpaired) electrons. The van der Waals surface area contributed by atoms with Gasteiger partial charge in [0.15, 0.2) is 5.78 Å². The van der Waals surface area contributed by atoms with Gasteiger partial charge in [0.25, 0.3) is 5.56 Å². The van der Waals surface area contributed by atoms with Crippen LogP contribution < -0.4 is 5.56 Å². The van der Waals surface area contributed by atoms with Crippen LogP contribution in [0, 0.1) is 0 Å². The second-order valence-corrected chi connectivity index (χ2v) is 5.41. The van der Waals surface area contributed by atoms with Crippen molar-refractivity contribution < 1.29 is 9.90 Å². The first-order chi connectivity index (χ1) is 11.1. The molecule has 2 N–H and O–H groups in total. The smallest absolute Gasteiger partial charge is 0.263 e. The summed E-state index contributed by atoms with van der Waals surface area (Å²) >= 11 is 5.80. The first kappa shape index (κ1) is 15.1. The van der Waals surface area contributed by atoms with Crippen LogP contribution in [0.1, 0.15) is 15.9 Å². The highest BCUT2D eigenvalue weighted by Crippen LogP contribution is 2.25. The van der Waals surface area contributed by atoms with Gasteiger partial charge in [0.1, 0.15) is 11.3 Å². The Morgan fingerprint density at radius 3 is 2.52 bits per heavy atom. The average Bonchev–Trinajstić information content (AvgIpc) is 2.54. The monoisotopic (exact) mass is 325 g/mol. The van der Waals surface area contributed by atoms with Gasteiger partial charge >= 0.3 is 0 Å². The number of benzene rings is 2. The number of halogens is 1. The lowest BCUT2D eigenvalue weighted by Gasteiger charge is -2.04. The number of carbonyl (C=O) groups is 1. The second-order valence-electron chi connectivity index (χ2n) is 4.97. The lowest BCUT2D eigenvalue weighted by molar-refractivity contribution is 0.104. The Morgan fingerprint density at radius 2 is 1.78 bits per heavy atom. The number of pyridine rings is 1. The summed E-state index contributed by atoms with van der Waals surface area (Å²) in [6.07, 6.45) is 2.81. The van der Waals surface area contributed by atoms with Gasteiger partial charge in [-0.3, -0.25) is 9.59 Å². The van der Waals surface area contributed by atoms with E-state index in [0.29, 0.717) is 15.9 Å². The molecule has 3 aromatic rings. The number of carbonyl (C=O) groups excluding carboxylic acids is 1. The normalized spacial score (nSPS) is 11.2. The fraction of sp³-hybridized carbons (Fsp3) is 0. The minimum atomic E-state index is -0.619. The van der Waals surface area contributed by atoms with E-state index in [4.69, 9.17) is 11.6 Å². The van der Waals surface area contributed by atoms with E-state index in [9.17, 15) is 14.7 Å². The quantitative estimate of drug-likeness (QED) is 0.568. The summed E-state index contributed by atoms with van der Waals surface area (Å²) in [5.41, 5.74) is 0.355. The van der Waals surface area contributed by atoms with Crippen LogP contribution >= 0.6 is 11.6 Å². The topological polar surface area (TPSA) is 70.2 Å². The number of para-hydroxylation sites is 1. The van der Waals surface area contributed by atoms with Crippen molar-refractivity contribution in [1.82, 2.24) is 4.98 Å². The molecule has 0 bridgehead atoms. The minimum Gasteiger partial charge on any atom is -0.506 e. The van der Waals surface area contributed by atoms with Crippen LogP contribution in [0.15, 0.2) is 59.4 Å². The molecule has 0 aliphatic carbocycles. The first-order valence-electron chi connectivity index (χ1n) is 6.88. The molecule has 114 valence electrons. The highest BCUT2D eigenvalue weighted by Gasteiger charge is 2.16. The molecule has 0 amide bonds. The van der Waals surface area contributed by atoms with Crippen LogP contribution in [0.3, 0.4) is 0 Å². The van der Waals surface area contributed by atoms with E-state index < -0.39 is 11.3 Å². The third-order valence-electron chi connectivity index (χ3n) is 3.44. The zero-order valence-electron chi connectivity index (χ0n) is 11.9. The van der Waals surface area contributed by atoms with Crippen molar-refractivity contribution in [2.45, 2.75) is 0 Å². The van der Waals surface area contributed by atoms with Gasteiger partial charge in [0, 0.05) is 10.4 Å². The van der Waals surface area contributed by atoms with Crippen molar-refractivity contribution in [2.75, 3.05) is 0 Å². The Labute approximate surface area is 136 Å². The molecule has 23 heavy (non-hydrogen) atoms. The van der Waals surface area contributed by atoms with Crippen LogP contribution in [0.4, 0.5) is 0 Å². The van der Waals surface area contributed by atoms with Crippen molar-refractivity contribution in [2.24, 2.45) is 0 Å². The van der Waals surface area contributed by atoms with Crippen LogP contribution in [-0.2, 0) is 0 Å². The molecule has 2 aromatic carbocycles. The highest BCUT2D eigenvalue weighted by molar-refractivity contribution is 6.30. The average molecular weight is 326 g/mol. The van der Waals surface area contributed by atoms with Crippen molar-refractivity contribution in [3.8, 4) is 5.75 Å². The van der Waals surface area contributed by atoms with Crippen molar-refractivity contribution in [3.05, 3.63) is 81.1 Å². The zero-order valence-corrected chi connectivity index (χ0v) is 12.7. The summed E-state index contributed by atoms with van der Waals surface area (Å²) in [6, 6.07) is 13.7. The summed E-state index contributed by atoms with van der Waals surface area (Å²) in [7, 11) is 0. The molecule has 3 rings (SSSR count). The van der Waals surface area contributed by atoms with Gasteiger partial charge in [0.2, 0.25) is 0 Å². The Hall–Kier alpha value is -2.85. The van der Waals surface area contributed by atoms with E-state index in [1.165, 1.54) is 6.08 Å². The Morgan fingerprint density at radius 1 is 1.09 bits per heavy atom. The molecule has 0 spiro atoms. The predicted octanol–water partition coefficient (Wildman–Crippen LogP) is 3.78. The van der Waals surface area contributed by atoms with Crippen LogP contribution in [0.2, 0.25) is 5.02 Å². The van der Waals surface area contributed by atoms with E-state index in [-0.39, 0.29) is 11.3 Å². The van der Waals surface area contributed by atoms with Crippen molar-refractivity contribution >= 4 is 34.4 Å². The number of fused-ring (bicyclic) bond motifs is 1. The number of H-pyrrole nitrogens is 1. The number of aromatic hydroxyl groups is 1. The standard InChI is InChI=1S/C18H12ClNO3/c19-12-8-5-11(6-9-12)7-10-15(21)16-17(22)13-3-1-2-4-14(13)20-18(16)23/h1-10H,(H2,20,22,23)/b10-7+. The summed E-state index contributed by atoms with van der Waals surface area (Å²) in [5, 5.41) is 11.3. The summed E-state index contributed by atoms with van der Waals surface area (Å²) in [6.45, 7) is 0. The Kier molecular flexibility index (Phi) is 4.00. The van der Waals surface area contributed by atoms with Gasteiger partial charge in [0.05, 0.1) is 5.52 Å². The van der Waals surface area contributed by atoms with Crippen LogP contribution in [0.25, 0.3) is 17.0 Å². The zero-order chi connectivity index (χ0) is 16.4. The van der Waals surface area contributed by atoms with Gasteiger partial charge in [-0.1, -0.05) is 41.9 Å². The maximum atomic E-state index is 12.3. The first-order valence-corrected chi connectivity index (χ1v) is 7.26. The van der Waals surface area contributed by atoms with Crippen molar-refractivity contribution in [1.29, 1.82) is 0 Å². The van der Waals surface area contributed by atoms with E-state index in [0.717, 1.165) is 5.56 Å². The number of hydrogen-bond acceptors (Lipinski definition) is 3. The third kappa shape index (κ3) is 3.03. The van der Waals surface area contributed by atoms with E-state index in [1.54, 1.807) is 54.6 Å². The molecule has 0 aliphatic rings. The molecule has 0 unspecified atom stereocenters. The Bertz CT molecular complexity index is 972. The minimum absolute atomic E-state index is 0.270. The number of rotatable bonds is 3. The summed E-state index contributed by atoms with van der Waals surface area (Å²) < 4.78 is 0. The molecule has 5 heteroatoms. The van der Waals surface area contributed by atoms with Gasteiger partial charge in [-0.15, -0.1) is 0 Å². The number of hydrogen-bond donors (Lipinski definition) is 2. The maximum absolute atomic E-state index is 12.3. The lowest BCUT2D eigenvalue weighted by atomic mass is 10.1. The second kappa shape index (κ2) is 6.10. The highest BCUT2D eigenvalue weighted by atomic mass is 35.5. The van der Waals surface area contributed by atoms with E-state index >= 15 is 0 Å². The van der Waals surface area contributed by atoms with Gasteiger partial charge in [-0.05, 0) is 35.9 Å². The molecule has 0 fully saturated rings. The molecule has 1 heterocycles. The molecular weight excluding hydrogens is 314 g/mol.